The minimum Gasteiger partial charge on any atom is -0.454 e. The molecule has 1 fully saturated rings. The van der Waals surface area contributed by atoms with E-state index in [0.717, 1.165) is 5.56 Å². The van der Waals surface area contributed by atoms with Crippen LogP contribution in [0, 0.1) is 0 Å². The molecule has 0 aliphatic carbocycles. The molecular formula is C22H23N3O5. The number of rotatable bonds is 5. The predicted molar refractivity (Wildman–Crippen MR) is 108 cm³/mol. The highest BCUT2D eigenvalue weighted by atomic mass is 16.7. The van der Waals surface area contributed by atoms with Gasteiger partial charge in [0.25, 0.3) is 5.91 Å². The second-order valence-electron chi connectivity index (χ2n) is 7.18. The molecule has 0 bridgehead atoms. The topological polar surface area (TPSA) is 88.2 Å². The zero-order chi connectivity index (χ0) is 20.9. The van der Waals surface area contributed by atoms with Crippen molar-refractivity contribution in [3.8, 4) is 11.5 Å². The molecule has 2 aromatic carbocycles. The molecule has 0 aromatic heterocycles. The van der Waals surface area contributed by atoms with Gasteiger partial charge in [0.15, 0.2) is 11.5 Å². The highest BCUT2D eigenvalue weighted by Gasteiger charge is 2.26. The standard InChI is InChI=1S/C22H23N3O5/c26-20(12-16-4-2-1-3-5-16)23-14-21(27)24-8-10-25(11-9-24)22(28)17-6-7-18-19(13-17)30-15-29-18/h1-7,13H,8-12,14-15H2,(H,23,26). The number of piperazine rings is 1. The van der Waals surface area contributed by atoms with Gasteiger partial charge < -0.3 is 24.6 Å². The third-order valence-corrected chi connectivity index (χ3v) is 5.18. The summed E-state index contributed by atoms with van der Waals surface area (Å²) < 4.78 is 10.6. The molecule has 0 atom stereocenters. The lowest BCUT2D eigenvalue weighted by atomic mass is 10.1. The molecular weight excluding hydrogens is 386 g/mol. The van der Waals surface area contributed by atoms with Gasteiger partial charge in [0.05, 0.1) is 13.0 Å². The van der Waals surface area contributed by atoms with E-state index in [2.05, 4.69) is 5.32 Å². The summed E-state index contributed by atoms with van der Waals surface area (Å²) in [5.74, 6) is 0.770. The highest BCUT2D eigenvalue weighted by molar-refractivity contribution is 5.95. The van der Waals surface area contributed by atoms with Crippen LogP contribution in [0.25, 0.3) is 0 Å². The Labute approximate surface area is 174 Å². The molecule has 8 heteroatoms. The van der Waals surface area contributed by atoms with Crippen LogP contribution in [0.1, 0.15) is 15.9 Å². The van der Waals surface area contributed by atoms with Crippen molar-refractivity contribution in [1.29, 1.82) is 0 Å². The first-order chi connectivity index (χ1) is 14.6. The Morgan fingerprint density at radius 3 is 2.33 bits per heavy atom. The third-order valence-electron chi connectivity index (χ3n) is 5.18. The van der Waals surface area contributed by atoms with Gasteiger partial charge in [-0.3, -0.25) is 14.4 Å². The maximum Gasteiger partial charge on any atom is 0.254 e. The van der Waals surface area contributed by atoms with E-state index in [9.17, 15) is 14.4 Å². The lowest BCUT2D eigenvalue weighted by Gasteiger charge is -2.34. The number of hydrogen-bond donors (Lipinski definition) is 1. The van der Waals surface area contributed by atoms with Gasteiger partial charge >= 0.3 is 0 Å². The Bertz CT molecular complexity index is 939. The molecule has 4 rings (SSSR count). The van der Waals surface area contributed by atoms with Crippen LogP contribution in [0.4, 0.5) is 0 Å². The van der Waals surface area contributed by atoms with Gasteiger partial charge in [-0.2, -0.15) is 0 Å². The third kappa shape index (κ3) is 4.53. The number of amides is 3. The molecule has 30 heavy (non-hydrogen) atoms. The van der Waals surface area contributed by atoms with E-state index in [4.69, 9.17) is 9.47 Å². The molecule has 2 heterocycles. The molecule has 1 saturated heterocycles. The number of ether oxygens (including phenoxy) is 2. The van der Waals surface area contributed by atoms with Crippen LogP contribution in [-0.2, 0) is 16.0 Å². The van der Waals surface area contributed by atoms with Crippen molar-refractivity contribution in [2.45, 2.75) is 6.42 Å². The SMILES string of the molecule is O=C(Cc1ccccc1)NCC(=O)N1CCN(C(=O)c2ccc3c(c2)OCO3)CC1. The average molecular weight is 409 g/mol. The number of carbonyl (C=O) groups is 3. The van der Waals surface area contributed by atoms with Crippen LogP contribution in [0.5, 0.6) is 11.5 Å². The fourth-order valence-electron chi connectivity index (χ4n) is 3.50. The van der Waals surface area contributed by atoms with E-state index >= 15 is 0 Å². The largest absolute Gasteiger partial charge is 0.454 e. The lowest BCUT2D eigenvalue weighted by Crippen LogP contribution is -2.52. The first-order valence-corrected chi connectivity index (χ1v) is 9.87. The van der Waals surface area contributed by atoms with Crippen molar-refractivity contribution in [2.75, 3.05) is 39.5 Å². The van der Waals surface area contributed by atoms with Gasteiger partial charge in [0.1, 0.15) is 0 Å². The fourth-order valence-corrected chi connectivity index (χ4v) is 3.50. The van der Waals surface area contributed by atoms with Crippen LogP contribution < -0.4 is 14.8 Å². The Hall–Kier alpha value is -3.55. The summed E-state index contributed by atoms with van der Waals surface area (Å²) >= 11 is 0. The monoisotopic (exact) mass is 409 g/mol. The van der Waals surface area contributed by atoms with Crippen LogP contribution in [-0.4, -0.2) is 67.0 Å². The normalized spacial score (nSPS) is 15.1. The van der Waals surface area contributed by atoms with Crippen molar-refractivity contribution in [2.24, 2.45) is 0 Å². The second-order valence-corrected chi connectivity index (χ2v) is 7.18. The molecule has 2 aliphatic heterocycles. The second kappa shape index (κ2) is 8.86. The Balaban J connectivity index is 1.23. The molecule has 0 saturated carbocycles. The Kier molecular flexibility index (Phi) is 5.83. The van der Waals surface area contributed by atoms with Gasteiger partial charge in [-0.05, 0) is 23.8 Å². The summed E-state index contributed by atoms with van der Waals surface area (Å²) in [4.78, 5) is 40.6. The smallest absolute Gasteiger partial charge is 0.254 e. The quantitative estimate of drug-likeness (QED) is 0.798. The summed E-state index contributed by atoms with van der Waals surface area (Å²) in [6.07, 6.45) is 0.242. The van der Waals surface area contributed by atoms with Crippen LogP contribution in [0.3, 0.4) is 0 Å². The molecule has 0 unspecified atom stereocenters. The van der Waals surface area contributed by atoms with Crippen molar-refractivity contribution in [3.63, 3.8) is 0 Å². The van der Waals surface area contributed by atoms with Crippen molar-refractivity contribution in [1.82, 2.24) is 15.1 Å². The molecule has 2 aliphatic rings. The molecule has 3 amide bonds. The highest BCUT2D eigenvalue weighted by Crippen LogP contribution is 2.32. The molecule has 1 N–H and O–H groups in total. The number of nitrogens with one attached hydrogen (secondary N) is 1. The number of hydrogen-bond acceptors (Lipinski definition) is 5. The molecule has 156 valence electrons. The number of benzene rings is 2. The first-order valence-electron chi connectivity index (χ1n) is 9.87. The minimum atomic E-state index is -0.189. The van der Waals surface area contributed by atoms with Crippen LogP contribution in [0.2, 0.25) is 0 Å². The Morgan fingerprint density at radius 2 is 1.57 bits per heavy atom. The minimum absolute atomic E-state index is 0.0399. The molecule has 0 spiro atoms. The van der Waals surface area contributed by atoms with Crippen molar-refractivity contribution < 1.29 is 23.9 Å². The van der Waals surface area contributed by atoms with E-state index in [0.29, 0.717) is 43.2 Å². The summed E-state index contributed by atoms with van der Waals surface area (Å²) in [6, 6.07) is 14.5. The van der Waals surface area contributed by atoms with Crippen molar-refractivity contribution in [3.05, 3.63) is 59.7 Å². The summed E-state index contributed by atoms with van der Waals surface area (Å²) in [7, 11) is 0. The number of carbonyl (C=O) groups excluding carboxylic acids is 3. The number of nitrogens with zero attached hydrogens (tertiary/aromatic N) is 2. The fraction of sp³-hybridized carbons (Fsp3) is 0.318. The van der Waals surface area contributed by atoms with E-state index in [1.165, 1.54) is 0 Å². The summed E-state index contributed by atoms with van der Waals surface area (Å²) in [6.45, 7) is 1.87. The molecule has 8 nitrogen and oxygen atoms in total. The van der Waals surface area contributed by atoms with Gasteiger partial charge in [-0.25, -0.2) is 0 Å². The van der Waals surface area contributed by atoms with E-state index in [-0.39, 0.29) is 37.5 Å². The van der Waals surface area contributed by atoms with Crippen LogP contribution in [0.15, 0.2) is 48.5 Å². The van der Waals surface area contributed by atoms with Gasteiger partial charge in [0, 0.05) is 31.7 Å². The predicted octanol–water partition coefficient (Wildman–Crippen LogP) is 1.06. The lowest BCUT2D eigenvalue weighted by molar-refractivity contribution is -0.133. The van der Waals surface area contributed by atoms with Crippen LogP contribution >= 0.6 is 0 Å². The van der Waals surface area contributed by atoms with Gasteiger partial charge in [-0.1, -0.05) is 30.3 Å². The van der Waals surface area contributed by atoms with Gasteiger partial charge in [-0.15, -0.1) is 0 Å². The molecule has 0 radical (unpaired) electrons. The zero-order valence-corrected chi connectivity index (χ0v) is 16.5. The van der Waals surface area contributed by atoms with E-state index in [1.807, 2.05) is 30.3 Å². The first kappa shape index (κ1) is 19.8. The Morgan fingerprint density at radius 1 is 0.867 bits per heavy atom. The van der Waals surface area contributed by atoms with E-state index in [1.54, 1.807) is 28.0 Å². The summed E-state index contributed by atoms with van der Waals surface area (Å²) in [5.41, 5.74) is 1.44. The van der Waals surface area contributed by atoms with Gasteiger partial charge in [0.2, 0.25) is 18.6 Å². The zero-order valence-electron chi connectivity index (χ0n) is 16.5. The number of fused-ring (bicyclic) bond motifs is 1. The summed E-state index contributed by atoms with van der Waals surface area (Å²) in [5, 5.41) is 2.68. The van der Waals surface area contributed by atoms with E-state index < -0.39 is 0 Å². The average Bonchev–Trinajstić information content (AvgIpc) is 3.26. The van der Waals surface area contributed by atoms with Crippen molar-refractivity contribution >= 4 is 17.7 Å². The maximum absolute atomic E-state index is 12.7. The maximum atomic E-state index is 12.7. The molecule has 2 aromatic rings.